The van der Waals surface area contributed by atoms with Gasteiger partial charge >= 0.3 is 5.97 Å². The highest BCUT2D eigenvalue weighted by atomic mass is 16.4. The number of carbonyl (C=O) groups excluding carboxylic acids is 4. The van der Waals surface area contributed by atoms with Crippen LogP contribution in [0.15, 0.2) is 0 Å². The van der Waals surface area contributed by atoms with Crippen molar-refractivity contribution in [2.75, 3.05) is 26.2 Å². The molecule has 11 heteroatoms. The highest BCUT2D eigenvalue weighted by molar-refractivity contribution is 5.92. The van der Waals surface area contributed by atoms with Crippen LogP contribution in [0.1, 0.15) is 19.8 Å². The summed E-state index contributed by atoms with van der Waals surface area (Å²) in [5.74, 6) is -3.25. The summed E-state index contributed by atoms with van der Waals surface area (Å²) in [5.41, 5.74) is 5.30. The van der Waals surface area contributed by atoms with Gasteiger partial charge in [-0.25, -0.2) is 0 Å². The van der Waals surface area contributed by atoms with E-state index in [0.717, 1.165) is 0 Å². The Balaban J connectivity index is 2.34. The van der Waals surface area contributed by atoms with Crippen LogP contribution in [0.5, 0.6) is 0 Å². The minimum Gasteiger partial charge on any atom is -0.480 e. The van der Waals surface area contributed by atoms with Crippen LogP contribution < -0.4 is 21.7 Å². The van der Waals surface area contributed by atoms with Crippen molar-refractivity contribution in [1.29, 1.82) is 0 Å². The van der Waals surface area contributed by atoms with Gasteiger partial charge in [-0.05, 0) is 19.8 Å². The zero-order valence-corrected chi connectivity index (χ0v) is 13.9. The van der Waals surface area contributed by atoms with Crippen molar-refractivity contribution in [3.63, 3.8) is 0 Å². The monoisotopic (exact) mass is 357 g/mol. The third kappa shape index (κ3) is 6.37. The Morgan fingerprint density at radius 2 is 1.80 bits per heavy atom. The highest BCUT2D eigenvalue weighted by Gasteiger charge is 2.33. The predicted molar refractivity (Wildman–Crippen MR) is 85.0 cm³/mol. The van der Waals surface area contributed by atoms with Gasteiger partial charge in [-0.2, -0.15) is 0 Å². The van der Waals surface area contributed by atoms with Crippen molar-refractivity contribution < 1.29 is 29.1 Å². The second-order valence-electron chi connectivity index (χ2n) is 5.57. The number of aliphatic carboxylic acids is 1. The zero-order valence-electron chi connectivity index (χ0n) is 13.9. The number of nitrogens with two attached hydrogens (primary N) is 1. The molecule has 0 unspecified atom stereocenters. The van der Waals surface area contributed by atoms with E-state index in [1.54, 1.807) is 0 Å². The standard InChI is InChI=1S/C14H23N5O6/c1-8(14(24)25)18-11(21)7-16-10(20)6-17-13(23)9-3-2-4-19(9)12(22)5-15/h8-9H,2-7,15H2,1H3,(H,16,20)(H,17,23)(H,18,21)(H,24,25)/t8-,9-/m0/s1. The number of amides is 4. The van der Waals surface area contributed by atoms with Gasteiger partial charge in [-0.15, -0.1) is 0 Å². The summed E-state index contributed by atoms with van der Waals surface area (Å²) in [7, 11) is 0. The van der Waals surface area contributed by atoms with E-state index in [0.29, 0.717) is 19.4 Å². The molecule has 25 heavy (non-hydrogen) atoms. The van der Waals surface area contributed by atoms with E-state index in [1.807, 2.05) is 0 Å². The molecule has 2 atom stereocenters. The fraction of sp³-hybridized carbons (Fsp3) is 0.643. The Hall–Kier alpha value is -2.69. The second-order valence-corrected chi connectivity index (χ2v) is 5.57. The molecule has 0 aromatic heterocycles. The quantitative estimate of drug-likeness (QED) is 0.304. The lowest BCUT2D eigenvalue weighted by atomic mass is 10.2. The van der Waals surface area contributed by atoms with Crippen LogP contribution in [0.25, 0.3) is 0 Å². The Morgan fingerprint density at radius 3 is 2.40 bits per heavy atom. The van der Waals surface area contributed by atoms with Crippen LogP contribution in [-0.4, -0.2) is 77.9 Å². The fourth-order valence-corrected chi connectivity index (χ4v) is 2.34. The molecule has 4 amide bonds. The molecule has 0 bridgehead atoms. The van der Waals surface area contributed by atoms with Gasteiger partial charge in [-0.3, -0.25) is 24.0 Å². The summed E-state index contributed by atoms with van der Waals surface area (Å²) in [5, 5.41) is 15.5. The zero-order chi connectivity index (χ0) is 19.0. The molecule has 0 saturated carbocycles. The van der Waals surface area contributed by atoms with Crippen LogP contribution in [0.2, 0.25) is 0 Å². The molecule has 1 aliphatic heterocycles. The third-order valence-electron chi connectivity index (χ3n) is 3.67. The van der Waals surface area contributed by atoms with Gasteiger partial charge in [0.25, 0.3) is 0 Å². The first-order valence-electron chi connectivity index (χ1n) is 7.82. The highest BCUT2D eigenvalue weighted by Crippen LogP contribution is 2.16. The number of carbonyl (C=O) groups is 5. The fourth-order valence-electron chi connectivity index (χ4n) is 2.34. The largest absolute Gasteiger partial charge is 0.480 e. The van der Waals surface area contributed by atoms with Crippen molar-refractivity contribution in [2.24, 2.45) is 5.73 Å². The summed E-state index contributed by atoms with van der Waals surface area (Å²) in [6, 6.07) is -1.72. The SMILES string of the molecule is C[C@H](NC(=O)CNC(=O)CNC(=O)[C@@H]1CCCN1C(=O)CN)C(=O)O. The predicted octanol–water partition coefficient (Wildman–Crippen LogP) is -3.24. The lowest BCUT2D eigenvalue weighted by Crippen LogP contribution is -2.50. The van der Waals surface area contributed by atoms with Crippen molar-refractivity contribution >= 4 is 29.6 Å². The number of hydrogen-bond acceptors (Lipinski definition) is 6. The smallest absolute Gasteiger partial charge is 0.325 e. The molecule has 0 spiro atoms. The first-order valence-corrected chi connectivity index (χ1v) is 7.82. The van der Waals surface area contributed by atoms with Crippen LogP contribution >= 0.6 is 0 Å². The molecule has 1 fully saturated rings. The van der Waals surface area contributed by atoms with Gasteiger partial charge in [0.15, 0.2) is 0 Å². The van der Waals surface area contributed by atoms with Crippen LogP contribution in [0.3, 0.4) is 0 Å². The van der Waals surface area contributed by atoms with E-state index in [4.69, 9.17) is 10.8 Å². The molecule has 1 aliphatic rings. The topological polar surface area (TPSA) is 171 Å². The van der Waals surface area contributed by atoms with E-state index in [-0.39, 0.29) is 19.0 Å². The van der Waals surface area contributed by atoms with Crippen molar-refractivity contribution in [3.05, 3.63) is 0 Å². The maximum absolute atomic E-state index is 12.1. The van der Waals surface area contributed by atoms with Gasteiger partial charge in [0.2, 0.25) is 23.6 Å². The molecular weight excluding hydrogens is 334 g/mol. The molecule has 0 aromatic rings. The van der Waals surface area contributed by atoms with Crippen LogP contribution in [-0.2, 0) is 24.0 Å². The number of hydrogen-bond donors (Lipinski definition) is 5. The number of carboxylic acid groups (broad SMARTS) is 1. The van der Waals surface area contributed by atoms with Gasteiger partial charge in [0.05, 0.1) is 19.6 Å². The molecule has 1 saturated heterocycles. The van der Waals surface area contributed by atoms with E-state index in [2.05, 4.69) is 16.0 Å². The van der Waals surface area contributed by atoms with Crippen LogP contribution in [0.4, 0.5) is 0 Å². The van der Waals surface area contributed by atoms with Gasteiger partial charge in [0.1, 0.15) is 12.1 Å². The normalized spacial score (nSPS) is 17.5. The number of rotatable bonds is 8. The molecule has 0 aliphatic carbocycles. The molecule has 140 valence electrons. The van der Waals surface area contributed by atoms with Crippen molar-refractivity contribution in [1.82, 2.24) is 20.9 Å². The Bertz CT molecular complexity index is 552. The number of carboxylic acids is 1. The molecule has 0 radical (unpaired) electrons. The van der Waals surface area contributed by atoms with E-state index in [9.17, 15) is 24.0 Å². The Kier molecular flexibility index (Phi) is 7.79. The third-order valence-corrected chi connectivity index (χ3v) is 3.67. The molecule has 1 heterocycles. The first kappa shape index (κ1) is 20.4. The summed E-state index contributed by atoms with van der Waals surface area (Å²) in [6.07, 6.45) is 1.17. The molecule has 6 N–H and O–H groups in total. The maximum atomic E-state index is 12.1. The van der Waals surface area contributed by atoms with Gasteiger partial charge < -0.3 is 31.7 Å². The van der Waals surface area contributed by atoms with Gasteiger partial charge in [-0.1, -0.05) is 0 Å². The summed E-state index contributed by atoms with van der Waals surface area (Å²) in [4.78, 5) is 58.7. The molecular formula is C14H23N5O6. The lowest BCUT2D eigenvalue weighted by Gasteiger charge is -2.23. The Labute approximate surface area is 144 Å². The number of likely N-dealkylation sites (tertiary alicyclic amines) is 1. The minimum absolute atomic E-state index is 0.186. The lowest BCUT2D eigenvalue weighted by molar-refractivity contribution is -0.141. The minimum atomic E-state index is -1.19. The molecule has 1 rings (SSSR count). The summed E-state index contributed by atoms with van der Waals surface area (Å²) in [6.45, 7) is 0.782. The van der Waals surface area contributed by atoms with E-state index < -0.39 is 42.3 Å². The average Bonchev–Trinajstić information content (AvgIpc) is 3.06. The first-order chi connectivity index (χ1) is 11.8. The Morgan fingerprint density at radius 1 is 1.16 bits per heavy atom. The van der Waals surface area contributed by atoms with Crippen LogP contribution in [0, 0.1) is 0 Å². The average molecular weight is 357 g/mol. The molecule has 0 aromatic carbocycles. The molecule has 11 nitrogen and oxygen atoms in total. The van der Waals surface area contributed by atoms with E-state index in [1.165, 1.54) is 11.8 Å². The van der Waals surface area contributed by atoms with Crippen molar-refractivity contribution in [2.45, 2.75) is 31.8 Å². The number of nitrogens with zero attached hydrogens (tertiary/aromatic N) is 1. The van der Waals surface area contributed by atoms with E-state index >= 15 is 0 Å². The second kappa shape index (κ2) is 9.57. The summed E-state index contributed by atoms with van der Waals surface area (Å²) < 4.78 is 0. The number of nitrogens with one attached hydrogen (secondary N) is 3. The van der Waals surface area contributed by atoms with Crippen molar-refractivity contribution in [3.8, 4) is 0 Å². The summed E-state index contributed by atoms with van der Waals surface area (Å²) >= 11 is 0. The maximum Gasteiger partial charge on any atom is 0.325 e. The van der Waals surface area contributed by atoms with Gasteiger partial charge in [0, 0.05) is 6.54 Å².